The Morgan fingerprint density at radius 1 is 1.38 bits per heavy atom. The molecule has 0 radical (unpaired) electrons. The molecular formula is C16H27ClN4O3. The smallest absolute Gasteiger partial charge is 0.308 e. The summed E-state index contributed by atoms with van der Waals surface area (Å²) in [5, 5.41) is 10.2. The van der Waals surface area contributed by atoms with Crippen LogP contribution < -0.4 is 10.6 Å². The lowest BCUT2D eigenvalue weighted by Gasteiger charge is -2.29. The van der Waals surface area contributed by atoms with Crippen molar-refractivity contribution in [2.45, 2.75) is 44.7 Å². The number of carbonyl (C=O) groups excluding carboxylic acids is 2. The van der Waals surface area contributed by atoms with Crippen molar-refractivity contribution in [1.29, 1.82) is 0 Å². The number of hydrogen-bond donors (Lipinski definition) is 2. The van der Waals surface area contributed by atoms with E-state index in [4.69, 9.17) is 4.74 Å². The molecule has 1 heterocycles. The Morgan fingerprint density at radius 3 is 2.54 bits per heavy atom. The van der Waals surface area contributed by atoms with E-state index in [9.17, 15) is 9.59 Å². The van der Waals surface area contributed by atoms with E-state index >= 15 is 0 Å². The lowest BCUT2D eigenvalue weighted by Crippen LogP contribution is -2.43. The number of carbonyl (C=O) groups is 2. The summed E-state index contributed by atoms with van der Waals surface area (Å²) < 4.78 is 6.75. The van der Waals surface area contributed by atoms with Crippen LogP contribution in [-0.2, 0) is 21.4 Å². The molecule has 1 fully saturated rings. The molecule has 1 atom stereocenters. The molecule has 7 nitrogen and oxygen atoms in total. The average molecular weight is 359 g/mol. The third kappa shape index (κ3) is 5.21. The van der Waals surface area contributed by atoms with E-state index in [-0.39, 0.29) is 36.2 Å². The molecule has 8 heteroatoms. The van der Waals surface area contributed by atoms with Gasteiger partial charge >= 0.3 is 5.97 Å². The number of likely N-dealkylation sites (N-methyl/N-ethyl adjacent to an activating group) is 1. The van der Waals surface area contributed by atoms with Gasteiger partial charge in [0.1, 0.15) is 6.04 Å². The Balaban J connectivity index is 0.00000288. The number of nitrogens with one attached hydrogen (secondary N) is 2. The first-order valence-corrected chi connectivity index (χ1v) is 8.18. The molecule has 0 aromatic carbocycles. The molecule has 1 aromatic heterocycles. The summed E-state index contributed by atoms with van der Waals surface area (Å²) in [6.45, 7) is 2.24. The summed E-state index contributed by atoms with van der Waals surface area (Å²) in [7, 11) is 3.58. The number of nitrogens with zero attached hydrogens (tertiary/aromatic N) is 2. The number of aromatic nitrogens is 2. The molecule has 1 aromatic rings. The molecule has 1 amide bonds. The second-order valence-corrected chi connectivity index (χ2v) is 5.98. The molecule has 0 saturated heterocycles. The number of rotatable bonds is 6. The van der Waals surface area contributed by atoms with Gasteiger partial charge in [-0.05, 0) is 39.7 Å². The highest BCUT2D eigenvalue weighted by atomic mass is 35.5. The molecule has 1 aliphatic carbocycles. The molecule has 136 valence electrons. The van der Waals surface area contributed by atoms with Crippen LogP contribution in [0.5, 0.6) is 0 Å². The van der Waals surface area contributed by atoms with Crippen molar-refractivity contribution in [3.05, 3.63) is 18.0 Å². The van der Waals surface area contributed by atoms with E-state index in [2.05, 4.69) is 15.7 Å². The van der Waals surface area contributed by atoms with Crippen molar-refractivity contribution in [2.75, 3.05) is 13.7 Å². The second-order valence-electron chi connectivity index (χ2n) is 5.98. The number of esters is 1. The van der Waals surface area contributed by atoms with Crippen molar-refractivity contribution < 1.29 is 14.3 Å². The van der Waals surface area contributed by atoms with Crippen LogP contribution in [0, 0.1) is 5.92 Å². The molecule has 2 rings (SSSR count). The largest absolute Gasteiger partial charge is 0.466 e. The lowest BCUT2D eigenvalue weighted by atomic mass is 9.86. The summed E-state index contributed by atoms with van der Waals surface area (Å²) >= 11 is 0. The molecule has 1 aliphatic rings. The zero-order valence-corrected chi connectivity index (χ0v) is 15.3. The molecule has 2 N–H and O–H groups in total. The minimum absolute atomic E-state index is 0. The molecule has 0 spiro atoms. The summed E-state index contributed by atoms with van der Waals surface area (Å²) in [6.07, 6.45) is 6.66. The highest BCUT2D eigenvalue weighted by Gasteiger charge is 2.29. The SMILES string of the molecule is CCOC(=O)C1CCC(NC(=O)C(NC)c2cnn(C)c2)CC1.Cl. The average Bonchev–Trinajstić information content (AvgIpc) is 2.95. The second kappa shape index (κ2) is 9.64. The number of halogens is 1. The topological polar surface area (TPSA) is 85.2 Å². The van der Waals surface area contributed by atoms with Crippen LogP contribution in [0.1, 0.15) is 44.2 Å². The highest BCUT2D eigenvalue weighted by molar-refractivity contribution is 5.85. The Morgan fingerprint density at radius 2 is 2.04 bits per heavy atom. The van der Waals surface area contributed by atoms with Gasteiger partial charge in [-0.2, -0.15) is 5.10 Å². The molecule has 1 saturated carbocycles. The van der Waals surface area contributed by atoms with Crippen molar-refractivity contribution in [3.8, 4) is 0 Å². The van der Waals surface area contributed by atoms with E-state index < -0.39 is 6.04 Å². The minimum Gasteiger partial charge on any atom is -0.466 e. The van der Waals surface area contributed by atoms with Gasteiger partial charge in [0, 0.05) is 24.8 Å². The van der Waals surface area contributed by atoms with Crippen molar-refractivity contribution in [2.24, 2.45) is 13.0 Å². The summed E-state index contributed by atoms with van der Waals surface area (Å²) in [5.41, 5.74) is 0.840. The van der Waals surface area contributed by atoms with Crippen molar-refractivity contribution in [1.82, 2.24) is 20.4 Å². The zero-order chi connectivity index (χ0) is 16.8. The van der Waals surface area contributed by atoms with Gasteiger partial charge in [0.15, 0.2) is 0 Å². The summed E-state index contributed by atoms with van der Waals surface area (Å²) in [4.78, 5) is 24.2. The maximum Gasteiger partial charge on any atom is 0.308 e. The third-order valence-corrected chi connectivity index (χ3v) is 4.30. The van der Waals surface area contributed by atoms with E-state index in [0.29, 0.717) is 6.61 Å². The quantitative estimate of drug-likeness (QED) is 0.749. The predicted octanol–water partition coefficient (Wildman–Crippen LogP) is 1.34. The van der Waals surface area contributed by atoms with Gasteiger partial charge in [0.05, 0.1) is 18.7 Å². The monoisotopic (exact) mass is 358 g/mol. The van der Waals surface area contributed by atoms with Crippen LogP contribution in [0.4, 0.5) is 0 Å². The number of hydrogen-bond acceptors (Lipinski definition) is 5. The predicted molar refractivity (Wildman–Crippen MR) is 92.8 cm³/mol. The molecule has 1 unspecified atom stereocenters. The molecule has 24 heavy (non-hydrogen) atoms. The van der Waals surface area contributed by atoms with Gasteiger partial charge in [-0.15, -0.1) is 12.4 Å². The number of aryl methyl sites for hydroxylation is 1. The maximum atomic E-state index is 12.5. The van der Waals surface area contributed by atoms with Gasteiger partial charge < -0.3 is 15.4 Å². The van der Waals surface area contributed by atoms with Crippen LogP contribution in [0.25, 0.3) is 0 Å². The van der Waals surface area contributed by atoms with Crippen LogP contribution >= 0.6 is 12.4 Å². The minimum atomic E-state index is -0.411. The Bertz CT molecular complexity index is 541. The normalized spacial score (nSPS) is 21.5. The highest BCUT2D eigenvalue weighted by Crippen LogP contribution is 2.26. The van der Waals surface area contributed by atoms with Gasteiger partial charge in [-0.3, -0.25) is 14.3 Å². The van der Waals surface area contributed by atoms with Crippen LogP contribution in [-0.4, -0.2) is 41.4 Å². The van der Waals surface area contributed by atoms with E-state index in [0.717, 1.165) is 31.2 Å². The maximum absolute atomic E-state index is 12.5. The fourth-order valence-corrected chi connectivity index (χ4v) is 3.06. The Hall–Kier alpha value is -1.60. The fraction of sp³-hybridized carbons (Fsp3) is 0.688. The van der Waals surface area contributed by atoms with Crippen molar-refractivity contribution >= 4 is 24.3 Å². The van der Waals surface area contributed by atoms with Gasteiger partial charge in [-0.25, -0.2) is 0 Å². The first-order chi connectivity index (χ1) is 11.0. The molecule has 0 bridgehead atoms. The standard InChI is InChI=1S/C16H26N4O3.ClH/c1-4-23-16(22)11-5-7-13(8-6-11)19-15(21)14(17-2)12-9-18-20(3)10-12;/h9-11,13-14,17H,4-8H2,1-3H3,(H,19,21);1H. The molecular weight excluding hydrogens is 332 g/mol. The van der Waals surface area contributed by atoms with E-state index in [1.807, 2.05) is 20.2 Å². The van der Waals surface area contributed by atoms with Crippen LogP contribution in [0.15, 0.2) is 12.4 Å². The Kier molecular flexibility index (Phi) is 8.21. The van der Waals surface area contributed by atoms with E-state index in [1.54, 1.807) is 17.9 Å². The van der Waals surface area contributed by atoms with E-state index in [1.165, 1.54) is 0 Å². The first kappa shape index (κ1) is 20.4. The first-order valence-electron chi connectivity index (χ1n) is 8.18. The van der Waals surface area contributed by atoms with Crippen LogP contribution in [0.2, 0.25) is 0 Å². The van der Waals surface area contributed by atoms with Gasteiger partial charge in [0.2, 0.25) is 5.91 Å². The third-order valence-electron chi connectivity index (χ3n) is 4.30. The summed E-state index contributed by atoms with van der Waals surface area (Å²) in [6, 6.07) is -0.299. The molecule has 0 aliphatic heterocycles. The zero-order valence-electron chi connectivity index (χ0n) is 14.4. The lowest BCUT2D eigenvalue weighted by molar-refractivity contribution is -0.149. The van der Waals surface area contributed by atoms with Crippen LogP contribution in [0.3, 0.4) is 0 Å². The van der Waals surface area contributed by atoms with Crippen molar-refractivity contribution in [3.63, 3.8) is 0 Å². The van der Waals surface area contributed by atoms with Gasteiger partial charge in [0.25, 0.3) is 0 Å². The summed E-state index contributed by atoms with van der Waals surface area (Å²) in [5.74, 6) is -0.192. The number of ether oxygens (including phenoxy) is 1. The van der Waals surface area contributed by atoms with Gasteiger partial charge in [-0.1, -0.05) is 0 Å². The fourth-order valence-electron chi connectivity index (χ4n) is 3.06. The Labute approximate surface area is 148 Å². The number of amides is 1.